The number of benzene rings is 3. The van der Waals surface area contributed by atoms with Crippen molar-refractivity contribution in [3.05, 3.63) is 141 Å². The van der Waals surface area contributed by atoms with Crippen LogP contribution in [-0.2, 0) is 90.4 Å². The number of hydrogen-bond donors (Lipinski definition) is 10. The van der Waals surface area contributed by atoms with Gasteiger partial charge >= 0.3 is 53.7 Å². The second-order valence-corrected chi connectivity index (χ2v) is 39.1. The van der Waals surface area contributed by atoms with E-state index in [0.717, 1.165) is 6.92 Å². The number of rotatable bonds is 12. The number of aliphatic hydroxyl groups excluding tert-OH is 7. The van der Waals surface area contributed by atoms with Crippen LogP contribution in [-0.4, -0.2) is 262 Å². The maximum absolute atomic E-state index is 14.8. The van der Waals surface area contributed by atoms with Gasteiger partial charge in [0.2, 0.25) is 0 Å². The Hall–Kier alpha value is -8.74. The maximum Gasteiger partial charge on any atom is 0.338 e. The molecule has 6 bridgehead atoms. The topological polar surface area (TPSA) is 484 Å². The fraction of sp³-hybridized carbons (Fsp3) is 0.642. The second-order valence-electron chi connectivity index (χ2n) is 39.1. The largest absolute Gasteiger partial charge is 0.455 e. The quantitative estimate of drug-likeness (QED) is 0.0528. The first-order chi connectivity index (χ1) is 58.6. The summed E-state index contributed by atoms with van der Waals surface area (Å²) in [5.74, 6) is -11.2. The fourth-order valence-corrected chi connectivity index (χ4v) is 24.5. The summed E-state index contributed by atoms with van der Waals surface area (Å²) in [7, 11) is 0. The van der Waals surface area contributed by atoms with Crippen molar-refractivity contribution in [2.45, 2.75) is 309 Å². The molecule has 12 aliphatic rings. The normalized spacial score (nSPS) is 41.2. The molecule has 127 heavy (non-hydrogen) atoms. The summed E-state index contributed by atoms with van der Waals surface area (Å²) < 4.78 is 71.4. The molecule has 0 spiro atoms. The Bertz CT molecular complexity index is 4720. The zero-order valence-corrected chi connectivity index (χ0v) is 74.5. The van der Waals surface area contributed by atoms with E-state index in [1.54, 1.807) is 155 Å². The minimum Gasteiger partial charge on any atom is -0.455 e. The molecule has 1 unspecified atom stereocenters. The van der Waals surface area contributed by atoms with Gasteiger partial charge in [-0.25, -0.2) is 14.4 Å². The average Bonchev–Trinajstić information content (AvgIpc) is 0.676. The molecule has 9 fully saturated rings. The monoisotopic (exact) mass is 1780 g/mol. The van der Waals surface area contributed by atoms with Gasteiger partial charge in [-0.05, 0) is 110 Å². The zero-order valence-electron chi connectivity index (χ0n) is 74.5. The van der Waals surface area contributed by atoms with E-state index in [2.05, 4.69) is 0 Å². The van der Waals surface area contributed by atoms with Crippen LogP contribution in [0.4, 0.5) is 0 Å². The van der Waals surface area contributed by atoms with E-state index in [9.17, 15) is 99.0 Å². The molecule has 0 radical (unpaired) electrons. The first-order valence-electron chi connectivity index (χ1n) is 42.9. The lowest BCUT2D eigenvalue weighted by atomic mass is 9.43. The molecule has 15 rings (SSSR count). The third-order valence-corrected chi connectivity index (χ3v) is 31.6. The third kappa shape index (κ3) is 14.8. The van der Waals surface area contributed by atoms with Gasteiger partial charge in [0.15, 0.2) is 40.9 Å². The molecule has 32 heteroatoms. The highest BCUT2D eigenvalue weighted by Gasteiger charge is 2.82. The summed E-state index contributed by atoms with van der Waals surface area (Å²) in [4.78, 5) is 131. The SMILES string of the molecule is C.CC(=O)O[C@@H]1C2=C(C)[C@@H](O)C[C@@](O)([C@@H](OC(=O)c3ccccc3)C3[C@](C)([C@@H]1O)[C@@H](C)C[C@H]1OC[C@@]31OC(C)=O)C2(C)C.CC(=O)O[C@@H]1C2=C(C)[C@@H](O)C[C@@](O)([C@@H](OC(=O)c3ccccc3)[C@@H]3[C@]4(OC(C)=O)CO[C@@H]4C[C@H](O)[C@@]3(C)[C@@H]1O)C2(C)C.CC(=O)O[C@H]1C(=O)[C@@]2(C)[C@H]([C@H](OC(=O)c3ccccc3)[C@]3(O)C[C@H](O)C(C)=C1C3(C)C)[C@]1(OC(C)=O)CO[C@@H]1C[C@@H]2O. The van der Waals surface area contributed by atoms with Crippen LogP contribution in [0.2, 0.25) is 0 Å². The van der Waals surface area contributed by atoms with Crippen LogP contribution in [0.25, 0.3) is 0 Å². The van der Waals surface area contributed by atoms with Gasteiger partial charge in [-0.2, -0.15) is 0 Å². The second kappa shape index (κ2) is 33.9. The van der Waals surface area contributed by atoms with E-state index in [1.807, 2.05) is 6.92 Å². The van der Waals surface area contributed by atoms with Crippen molar-refractivity contribution in [1.82, 2.24) is 0 Å². The van der Waals surface area contributed by atoms with E-state index >= 15 is 0 Å². The zero-order chi connectivity index (χ0) is 93.0. The van der Waals surface area contributed by atoms with Crippen LogP contribution >= 0.6 is 0 Å². The van der Waals surface area contributed by atoms with Crippen LogP contribution in [0.5, 0.6) is 0 Å². The lowest BCUT2D eigenvalue weighted by Crippen LogP contribution is -2.82. The number of fused-ring (bicyclic) bond motifs is 15. The summed E-state index contributed by atoms with van der Waals surface area (Å²) in [6.45, 7) is 28.5. The molecule has 9 aliphatic carbocycles. The van der Waals surface area contributed by atoms with Crippen LogP contribution in [0.3, 0.4) is 0 Å². The minimum absolute atomic E-state index is 0. The Morgan fingerprint density at radius 1 is 0.378 bits per heavy atom. The minimum atomic E-state index is -2.11. The number of esters is 9. The molecule has 3 aromatic rings. The average molecular weight is 1780 g/mol. The van der Waals surface area contributed by atoms with Crippen molar-refractivity contribution in [3.63, 3.8) is 0 Å². The van der Waals surface area contributed by atoms with Crippen molar-refractivity contribution in [2.24, 2.45) is 56.2 Å². The van der Waals surface area contributed by atoms with Crippen molar-refractivity contribution in [1.29, 1.82) is 0 Å². The molecule has 6 saturated carbocycles. The van der Waals surface area contributed by atoms with Gasteiger partial charge in [0.05, 0.1) is 90.2 Å². The summed E-state index contributed by atoms with van der Waals surface area (Å²) >= 11 is 0. The van der Waals surface area contributed by atoms with Gasteiger partial charge in [-0.15, -0.1) is 0 Å². The van der Waals surface area contributed by atoms with Crippen LogP contribution in [0.15, 0.2) is 124 Å². The smallest absolute Gasteiger partial charge is 0.338 e. The predicted octanol–water partition coefficient (Wildman–Crippen LogP) is 6.45. The number of aliphatic hydroxyl groups is 10. The third-order valence-electron chi connectivity index (χ3n) is 31.6. The molecule has 10 N–H and O–H groups in total. The van der Waals surface area contributed by atoms with E-state index < -0.39 is 241 Å². The number of carbonyl (C=O) groups is 10. The van der Waals surface area contributed by atoms with E-state index in [4.69, 9.17) is 56.8 Å². The predicted molar refractivity (Wildman–Crippen MR) is 446 cm³/mol. The Morgan fingerprint density at radius 2 is 0.669 bits per heavy atom. The molecule has 3 heterocycles. The van der Waals surface area contributed by atoms with Crippen molar-refractivity contribution in [2.75, 3.05) is 19.8 Å². The maximum atomic E-state index is 14.8. The van der Waals surface area contributed by atoms with Crippen molar-refractivity contribution in [3.8, 4) is 0 Å². The number of Topliss-reactive ketones (excluding diaryl/α,β-unsaturated/α-hetero) is 1. The summed E-state index contributed by atoms with van der Waals surface area (Å²) in [5.41, 5.74) is -17.0. The van der Waals surface area contributed by atoms with Gasteiger partial charge in [0, 0.05) is 101 Å². The fourth-order valence-electron chi connectivity index (χ4n) is 24.5. The Balaban J connectivity index is 0.000000172. The molecule has 32 nitrogen and oxygen atoms in total. The van der Waals surface area contributed by atoms with Gasteiger partial charge in [-0.3, -0.25) is 33.6 Å². The van der Waals surface area contributed by atoms with E-state index in [0.29, 0.717) is 28.7 Å². The molecule has 0 aromatic heterocycles. The molecule has 29 atom stereocenters. The Morgan fingerprint density at radius 3 is 0.992 bits per heavy atom. The number of carbonyl (C=O) groups excluding carboxylic acids is 10. The first kappa shape index (κ1) is 97.3. The lowest BCUT2D eigenvalue weighted by molar-refractivity contribution is -0.365. The number of ether oxygens (including phenoxy) is 12. The van der Waals surface area contributed by atoms with Gasteiger partial charge in [0.25, 0.3) is 0 Å². The highest BCUT2D eigenvalue weighted by molar-refractivity contribution is 5.96. The Labute approximate surface area is 737 Å². The summed E-state index contributed by atoms with van der Waals surface area (Å²) in [6.07, 6.45) is -21.3. The number of hydrogen-bond acceptors (Lipinski definition) is 32. The van der Waals surface area contributed by atoms with E-state index in [-0.39, 0.29) is 93.1 Å². The standard InChI is InChI=1S/C32H42O10.C31H40O11.C31H38O11.CH4/c1-16-13-22-31(15-39-22,42-19(4)34)25-27(41-28(37)20-11-9-8-10-12-20)32(38)14-21(35)17(2)23(29(32,5)6)24(40-18(3)33)26(36)30(16,25)7;2*1-15-19(34)13-31(38)26(41-27(37)18-10-8-7-9-11-18)24-29(6,20(35)12-21-30(24,14-39-21)42-17(3)33)25(36)23(40-16(2)32)22(15)28(31,4)5;/h8-12,16,21-22,24-27,35-36,38H,13-15H2,1-7H3;7-11,19-21,23-26,34-36,38H,12-14H2,1-6H3;7-11,19-21,23-24,26,34-35,38H,12-14H2,1-6H3;1H4/t16-,21-,22+,24+,25?,26+,27-,30+,31-,32+;19-,20-,21+,23+,24-,25+,26-,29+,30-,31+;19-,20-,21+,23+,24-,26-,29+,30-,31+;/m000./s1. The van der Waals surface area contributed by atoms with Crippen molar-refractivity contribution < 1.29 is 156 Å². The first-order valence-corrected chi connectivity index (χ1v) is 42.9. The highest BCUT2D eigenvalue weighted by atomic mass is 16.7. The molecular weight excluding hydrogens is 1650 g/mol. The molecule has 3 saturated heterocycles. The van der Waals surface area contributed by atoms with Gasteiger partial charge in [0.1, 0.15) is 65.6 Å². The number of ketones is 1. The van der Waals surface area contributed by atoms with Gasteiger partial charge in [-0.1, -0.05) is 124 Å². The summed E-state index contributed by atoms with van der Waals surface area (Å²) in [5, 5.41) is 121. The lowest BCUT2D eigenvalue weighted by Gasteiger charge is -2.69. The van der Waals surface area contributed by atoms with Crippen LogP contribution < -0.4 is 0 Å². The van der Waals surface area contributed by atoms with Crippen molar-refractivity contribution >= 4 is 59.5 Å². The highest BCUT2D eigenvalue weighted by Crippen LogP contribution is 2.70. The molecule has 3 aromatic carbocycles. The van der Waals surface area contributed by atoms with Crippen LogP contribution in [0, 0.1) is 56.2 Å². The van der Waals surface area contributed by atoms with Gasteiger partial charge < -0.3 is 108 Å². The molecule has 696 valence electrons. The Kier molecular flexibility index (Phi) is 26.0. The molecular formula is C95H124O32. The molecule has 0 amide bonds. The van der Waals surface area contributed by atoms with E-state index in [1.165, 1.54) is 53.7 Å². The summed E-state index contributed by atoms with van der Waals surface area (Å²) in [6, 6.07) is 24.5. The van der Waals surface area contributed by atoms with Crippen LogP contribution in [0.1, 0.15) is 209 Å². The molecule has 3 aliphatic heterocycles.